The molecule has 0 spiro atoms. The van der Waals surface area contributed by atoms with Crippen molar-refractivity contribution in [2.75, 3.05) is 13.1 Å². The van der Waals surface area contributed by atoms with Gasteiger partial charge in [0.15, 0.2) is 0 Å². The molecular formula is C20H26N2O4. The maximum Gasteiger partial charge on any atom is 0.306 e. The highest BCUT2D eigenvalue weighted by molar-refractivity contribution is 5.94. The van der Waals surface area contributed by atoms with Crippen molar-refractivity contribution in [3.05, 3.63) is 35.9 Å². The predicted molar refractivity (Wildman–Crippen MR) is 96.6 cm³/mol. The summed E-state index contributed by atoms with van der Waals surface area (Å²) in [6, 6.07) is 9.04. The van der Waals surface area contributed by atoms with Crippen molar-refractivity contribution >= 4 is 17.8 Å². The molecule has 2 N–H and O–H groups in total. The van der Waals surface area contributed by atoms with E-state index in [1.54, 1.807) is 12.1 Å². The molecule has 1 unspecified atom stereocenters. The Morgan fingerprint density at radius 2 is 1.77 bits per heavy atom. The molecule has 0 radical (unpaired) electrons. The number of carboxylic acid groups (broad SMARTS) is 1. The Labute approximate surface area is 153 Å². The summed E-state index contributed by atoms with van der Waals surface area (Å²) in [5.41, 5.74) is 0.612. The standard InChI is InChI=1S/C20H26N2O4/c23-18(14-6-2-1-3-7-14)21-13-17-8-4-5-11-22(17)19(24)15-9-10-16(12-15)20(25)26/h1-3,6-7,15-17H,4-5,8-13H2,(H,21,23)(H,25,26)/t15-,16+,17?/m0/s1. The molecule has 26 heavy (non-hydrogen) atoms. The number of rotatable bonds is 5. The minimum absolute atomic E-state index is 0.00668. The number of carboxylic acids is 1. The van der Waals surface area contributed by atoms with E-state index >= 15 is 0 Å². The lowest BCUT2D eigenvalue weighted by Crippen LogP contribution is -2.51. The Hall–Kier alpha value is -2.37. The molecule has 1 saturated carbocycles. The first kappa shape index (κ1) is 18.4. The van der Waals surface area contributed by atoms with Gasteiger partial charge < -0.3 is 15.3 Å². The molecule has 140 valence electrons. The zero-order chi connectivity index (χ0) is 18.5. The summed E-state index contributed by atoms with van der Waals surface area (Å²) in [4.78, 5) is 38.2. The number of piperidine rings is 1. The largest absolute Gasteiger partial charge is 0.481 e. The lowest BCUT2D eigenvalue weighted by Gasteiger charge is -2.37. The second-order valence-electron chi connectivity index (χ2n) is 7.30. The molecule has 3 rings (SSSR count). The Kier molecular flexibility index (Phi) is 5.91. The number of hydrogen-bond donors (Lipinski definition) is 2. The van der Waals surface area contributed by atoms with Gasteiger partial charge in [-0.2, -0.15) is 0 Å². The maximum atomic E-state index is 12.9. The number of likely N-dealkylation sites (tertiary alicyclic amines) is 1. The quantitative estimate of drug-likeness (QED) is 0.845. The number of nitrogens with one attached hydrogen (secondary N) is 1. The Morgan fingerprint density at radius 3 is 2.46 bits per heavy atom. The van der Waals surface area contributed by atoms with Gasteiger partial charge in [0.05, 0.1) is 5.92 Å². The van der Waals surface area contributed by atoms with Crippen molar-refractivity contribution in [2.24, 2.45) is 11.8 Å². The average molecular weight is 358 g/mol. The molecule has 3 atom stereocenters. The van der Waals surface area contributed by atoms with Crippen LogP contribution in [0.1, 0.15) is 48.9 Å². The fourth-order valence-corrected chi connectivity index (χ4v) is 4.07. The summed E-state index contributed by atoms with van der Waals surface area (Å²) in [5.74, 6) is -1.46. The summed E-state index contributed by atoms with van der Waals surface area (Å²) in [6.45, 7) is 1.13. The maximum absolute atomic E-state index is 12.9. The van der Waals surface area contributed by atoms with E-state index in [9.17, 15) is 14.4 Å². The van der Waals surface area contributed by atoms with Crippen LogP contribution in [0.5, 0.6) is 0 Å². The number of nitrogens with zero attached hydrogens (tertiary/aromatic N) is 1. The fourth-order valence-electron chi connectivity index (χ4n) is 4.07. The zero-order valence-electron chi connectivity index (χ0n) is 14.9. The smallest absolute Gasteiger partial charge is 0.306 e. The second-order valence-corrected chi connectivity index (χ2v) is 7.30. The van der Waals surface area contributed by atoms with Crippen LogP contribution in [0, 0.1) is 11.8 Å². The molecule has 1 saturated heterocycles. The molecule has 1 aliphatic heterocycles. The van der Waals surface area contributed by atoms with Crippen LogP contribution in [0.25, 0.3) is 0 Å². The van der Waals surface area contributed by atoms with E-state index in [1.165, 1.54) is 0 Å². The van der Waals surface area contributed by atoms with E-state index < -0.39 is 11.9 Å². The SMILES string of the molecule is O=C(NCC1CCCCN1C(=O)[C@H]1CC[C@@H](C(=O)O)C1)c1ccccc1. The van der Waals surface area contributed by atoms with Gasteiger partial charge in [0.2, 0.25) is 5.91 Å². The Balaban J connectivity index is 1.58. The summed E-state index contributed by atoms with van der Waals surface area (Å²) < 4.78 is 0. The van der Waals surface area contributed by atoms with E-state index in [0.717, 1.165) is 19.3 Å². The van der Waals surface area contributed by atoms with Gasteiger partial charge >= 0.3 is 5.97 Å². The number of carbonyl (C=O) groups is 3. The van der Waals surface area contributed by atoms with Crippen LogP contribution in [0.15, 0.2) is 30.3 Å². The summed E-state index contributed by atoms with van der Waals surface area (Å²) in [6.07, 6.45) is 4.54. The van der Waals surface area contributed by atoms with Gasteiger partial charge in [-0.15, -0.1) is 0 Å². The van der Waals surface area contributed by atoms with Crippen molar-refractivity contribution in [3.63, 3.8) is 0 Å². The molecule has 1 heterocycles. The second kappa shape index (κ2) is 8.34. The van der Waals surface area contributed by atoms with Crippen molar-refractivity contribution in [2.45, 2.75) is 44.6 Å². The van der Waals surface area contributed by atoms with Crippen LogP contribution in [0.2, 0.25) is 0 Å². The molecule has 1 aromatic rings. The van der Waals surface area contributed by atoms with Crippen LogP contribution < -0.4 is 5.32 Å². The molecule has 6 nitrogen and oxygen atoms in total. The molecule has 2 fully saturated rings. The molecule has 0 bridgehead atoms. The number of aliphatic carboxylic acids is 1. The first-order valence-corrected chi connectivity index (χ1v) is 9.43. The topological polar surface area (TPSA) is 86.7 Å². The van der Waals surface area contributed by atoms with Gasteiger partial charge in [0.25, 0.3) is 5.91 Å². The van der Waals surface area contributed by atoms with Crippen LogP contribution in [-0.2, 0) is 9.59 Å². The van der Waals surface area contributed by atoms with Gasteiger partial charge in [-0.1, -0.05) is 18.2 Å². The van der Waals surface area contributed by atoms with Gasteiger partial charge in [0, 0.05) is 30.6 Å². The minimum Gasteiger partial charge on any atom is -0.481 e. The molecule has 2 amide bonds. The lowest BCUT2D eigenvalue weighted by atomic mass is 9.97. The highest BCUT2D eigenvalue weighted by atomic mass is 16.4. The van der Waals surface area contributed by atoms with Gasteiger partial charge in [-0.3, -0.25) is 14.4 Å². The predicted octanol–water partition coefficient (Wildman–Crippen LogP) is 2.30. The van der Waals surface area contributed by atoms with Crippen molar-refractivity contribution in [1.29, 1.82) is 0 Å². The third-order valence-corrected chi connectivity index (χ3v) is 5.58. The molecule has 1 aromatic carbocycles. The van der Waals surface area contributed by atoms with Crippen LogP contribution in [0.3, 0.4) is 0 Å². The highest BCUT2D eigenvalue weighted by Gasteiger charge is 2.38. The normalized spacial score (nSPS) is 25.7. The van der Waals surface area contributed by atoms with Gasteiger partial charge in [-0.25, -0.2) is 0 Å². The lowest BCUT2D eigenvalue weighted by molar-refractivity contribution is -0.142. The average Bonchev–Trinajstić information content (AvgIpc) is 3.17. The zero-order valence-corrected chi connectivity index (χ0v) is 14.9. The minimum atomic E-state index is -0.800. The third kappa shape index (κ3) is 4.23. The summed E-state index contributed by atoms with van der Waals surface area (Å²) >= 11 is 0. The van der Waals surface area contributed by atoms with Crippen LogP contribution in [-0.4, -0.2) is 46.9 Å². The highest BCUT2D eigenvalue weighted by Crippen LogP contribution is 2.33. The van der Waals surface area contributed by atoms with E-state index in [2.05, 4.69) is 5.32 Å². The van der Waals surface area contributed by atoms with Crippen LogP contribution in [0.4, 0.5) is 0 Å². The van der Waals surface area contributed by atoms with Crippen molar-refractivity contribution in [3.8, 4) is 0 Å². The van der Waals surface area contributed by atoms with E-state index in [0.29, 0.717) is 37.9 Å². The van der Waals surface area contributed by atoms with E-state index in [1.807, 2.05) is 23.1 Å². The molecule has 6 heteroatoms. The van der Waals surface area contributed by atoms with Crippen molar-refractivity contribution < 1.29 is 19.5 Å². The number of amides is 2. The number of benzene rings is 1. The first-order chi connectivity index (χ1) is 12.6. The Bertz CT molecular complexity index is 661. The van der Waals surface area contributed by atoms with E-state index in [-0.39, 0.29) is 23.8 Å². The van der Waals surface area contributed by atoms with Gasteiger partial charge in [-0.05, 0) is 50.7 Å². The molecule has 2 aliphatic rings. The summed E-state index contributed by atoms with van der Waals surface area (Å²) in [7, 11) is 0. The molecule has 0 aromatic heterocycles. The number of hydrogen-bond acceptors (Lipinski definition) is 3. The van der Waals surface area contributed by atoms with Crippen molar-refractivity contribution in [1.82, 2.24) is 10.2 Å². The molecular weight excluding hydrogens is 332 g/mol. The van der Waals surface area contributed by atoms with Crippen LogP contribution >= 0.6 is 0 Å². The van der Waals surface area contributed by atoms with E-state index in [4.69, 9.17) is 5.11 Å². The number of carbonyl (C=O) groups excluding carboxylic acids is 2. The monoisotopic (exact) mass is 358 g/mol. The fraction of sp³-hybridized carbons (Fsp3) is 0.550. The summed E-state index contributed by atoms with van der Waals surface area (Å²) in [5, 5.41) is 12.1. The third-order valence-electron chi connectivity index (χ3n) is 5.58. The molecule has 1 aliphatic carbocycles. The van der Waals surface area contributed by atoms with Gasteiger partial charge in [0.1, 0.15) is 0 Å². The first-order valence-electron chi connectivity index (χ1n) is 9.43. The Morgan fingerprint density at radius 1 is 1.04 bits per heavy atom.